The Bertz CT molecular complexity index is 902. The highest BCUT2D eigenvalue weighted by molar-refractivity contribution is 7.90. The third-order valence-corrected chi connectivity index (χ3v) is 6.10. The highest BCUT2D eigenvalue weighted by Gasteiger charge is 2.33. The number of carbonyl (C=O) groups excluding carboxylic acids is 1. The van der Waals surface area contributed by atoms with Crippen molar-refractivity contribution < 1.29 is 13.2 Å². The van der Waals surface area contributed by atoms with E-state index in [4.69, 9.17) is 0 Å². The number of hydrogen-bond acceptors (Lipinski definition) is 5. The minimum atomic E-state index is -3.09. The van der Waals surface area contributed by atoms with E-state index in [0.29, 0.717) is 10.8 Å². The molecule has 2 saturated heterocycles. The Labute approximate surface area is 161 Å². The maximum absolute atomic E-state index is 11.8. The molecule has 2 aromatic carbocycles. The molecule has 2 aliphatic heterocycles. The maximum atomic E-state index is 11.8. The molecular weight excluding hydrogens is 362 g/mol. The second kappa shape index (κ2) is 8.37. The van der Waals surface area contributed by atoms with Gasteiger partial charge in [-0.15, -0.1) is 0 Å². The number of nitrogens with zero attached hydrogens (tertiary/aromatic N) is 2. The van der Waals surface area contributed by atoms with Crippen molar-refractivity contribution in [2.75, 3.05) is 52.6 Å². The maximum Gasteiger partial charge on any atom is 0.228 e. The van der Waals surface area contributed by atoms with Crippen LogP contribution in [0.15, 0.2) is 47.4 Å². The predicted molar refractivity (Wildman–Crippen MR) is 107 cm³/mol. The highest BCUT2D eigenvalue weighted by Crippen LogP contribution is 2.18. The molecule has 7 heteroatoms. The van der Waals surface area contributed by atoms with E-state index < -0.39 is 9.84 Å². The van der Waals surface area contributed by atoms with Gasteiger partial charge in [0, 0.05) is 45.5 Å². The summed E-state index contributed by atoms with van der Waals surface area (Å²) >= 11 is 0. The Balaban J connectivity index is 0.000000156. The zero-order chi connectivity index (χ0) is 19.4. The smallest absolute Gasteiger partial charge is 0.228 e. The van der Waals surface area contributed by atoms with Crippen molar-refractivity contribution >= 4 is 26.5 Å². The van der Waals surface area contributed by atoms with Gasteiger partial charge in [0.25, 0.3) is 0 Å². The van der Waals surface area contributed by atoms with Gasteiger partial charge in [0.2, 0.25) is 5.91 Å². The Hall–Kier alpha value is -1.96. The summed E-state index contributed by atoms with van der Waals surface area (Å²) in [6, 6.07) is 12.9. The molecule has 1 N–H and O–H groups in total. The summed E-state index contributed by atoms with van der Waals surface area (Å²) in [7, 11) is -1.04. The lowest BCUT2D eigenvalue weighted by atomic mass is 9.99. The molecule has 1 amide bonds. The standard InChI is InChI=1S/C11H10O2S.C9H17N3O/c1-14(12,13)11-7-6-9-4-2-3-5-10(9)8-11;1-11-6-8(7-11)9(13)12-4-2-10-3-5-12/h2-8H,1H3;8,10H,2-7H2,1H3. The van der Waals surface area contributed by atoms with E-state index in [2.05, 4.69) is 17.3 Å². The third kappa shape index (κ3) is 5.06. The molecule has 2 heterocycles. The summed E-state index contributed by atoms with van der Waals surface area (Å²) in [5.41, 5.74) is 0. The molecule has 0 spiro atoms. The van der Waals surface area contributed by atoms with Gasteiger partial charge < -0.3 is 15.1 Å². The Morgan fingerprint density at radius 2 is 1.67 bits per heavy atom. The fraction of sp³-hybridized carbons (Fsp3) is 0.450. The first-order chi connectivity index (χ1) is 12.8. The highest BCUT2D eigenvalue weighted by atomic mass is 32.2. The van der Waals surface area contributed by atoms with Crippen LogP contribution >= 0.6 is 0 Å². The molecule has 0 unspecified atom stereocenters. The lowest BCUT2D eigenvalue weighted by Crippen LogP contribution is -2.56. The number of hydrogen-bond donors (Lipinski definition) is 1. The van der Waals surface area contributed by atoms with E-state index >= 15 is 0 Å². The molecule has 2 aromatic rings. The lowest BCUT2D eigenvalue weighted by molar-refractivity contribution is -0.141. The summed E-state index contributed by atoms with van der Waals surface area (Å²) in [5, 5.41) is 5.26. The number of rotatable bonds is 2. The fourth-order valence-corrected chi connectivity index (χ4v) is 4.05. The summed E-state index contributed by atoms with van der Waals surface area (Å²) in [6.07, 6.45) is 1.22. The van der Waals surface area contributed by atoms with Gasteiger partial charge >= 0.3 is 0 Å². The van der Waals surface area contributed by atoms with E-state index in [0.717, 1.165) is 50.0 Å². The number of likely N-dealkylation sites (tertiary alicyclic amines) is 1. The molecule has 2 fully saturated rings. The van der Waals surface area contributed by atoms with Crippen LogP contribution in [0.4, 0.5) is 0 Å². The van der Waals surface area contributed by atoms with E-state index in [1.165, 1.54) is 6.26 Å². The van der Waals surface area contributed by atoms with Gasteiger partial charge in [0.05, 0.1) is 10.8 Å². The molecule has 0 aliphatic carbocycles. The molecule has 2 aliphatic rings. The number of carbonyl (C=O) groups is 1. The van der Waals surface area contributed by atoms with E-state index in [9.17, 15) is 13.2 Å². The second-order valence-electron chi connectivity index (χ2n) is 7.27. The number of fused-ring (bicyclic) bond motifs is 1. The van der Waals surface area contributed by atoms with Crippen molar-refractivity contribution in [1.29, 1.82) is 0 Å². The van der Waals surface area contributed by atoms with Gasteiger partial charge in [-0.2, -0.15) is 0 Å². The predicted octanol–water partition coefficient (Wildman–Crippen LogP) is 1.22. The minimum Gasteiger partial charge on any atom is -0.340 e. The van der Waals surface area contributed by atoms with Crippen LogP contribution in [0.3, 0.4) is 0 Å². The van der Waals surface area contributed by atoms with E-state index in [1.54, 1.807) is 12.1 Å². The van der Waals surface area contributed by atoms with Crippen molar-refractivity contribution in [3.05, 3.63) is 42.5 Å². The fourth-order valence-electron chi connectivity index (χ4n) is 3.40. The summed E-state index contributed by atoms with van der Waals surface area (Å²) < 4.78 is 22.6. The zero-order valence-electron chi connectivity index (χ0n) is 15.9. The molecule has 6 nitrogen and oxygen atoms in total. The van der Waals surface area contributed by atoms with Crippen molar-refractivity contribution in [3.63, 3.8) is 0 Å². The number of amides is 1. The van der Waals surface area contributed by atoms with Crippen molar-refractivity contribution in [3.8, 4) is 0 Å². The second-order valence-corrected chi connectivity index (χ2v) is 9.29. The molecule has 0 aromatic heterocycles. The van der Waals surface area contributed by atoms with Crippen LogP contribution < -0.4 is 5.32 Å². The molecule has 27 heavy (non-hydrogen) atoms. The van der Waals surface area contributed by atoms with Gasteiger partial charge in [-0.25, -0.2) is 8.42 Å². The quantitative estimate of drug-likeness (QED) is 0.837. The number of benzene rings is 2. The monoisotopic (exact) mass is 389 g/mol. The SMILES string of the molecule is CN1CC(C(=O)N2CCNCC2)C1.CS(=O)(=O)c1ccc2ccccc2c1. The molecule has 0 saturated carbocycles. The first-order valence-electron chi connectivity index (χ1n) is 9.21. The third-order valence-electron chi connectivity index (χ3n) is 4.99. The topological polar surface area (TPSA) is 69.7 Å². The Morgan fingerprint density at radius 1 is 1.04 bits per heavy atom. The van der Waals surface area contributed by atoms with Crippen LogP contribution in [0.5, 0.6) is 0 Å². The van der Waals surface area contributed by atoms with Gasteiger partial charge in [-0.1, -0.05) is 30.3 Å². The van der Waals surface area contributed by atoms with Gasteiger partial charge in [0.15, 0.2) is 9.84 Å². The number of nitrogens with one attached hydrogen (secondary N) is 1. The Morgan fingerprint density at radius 3 is 2.26 bits per heavy atom. The van der Waals surface area contributed by atoms with Crippen LogP contribution in [0, 0.1) is 5.92 Å². The largest absolute Gasteiger partial charge is 0.340 e. The molecule has 0 radical (unpaired) electrons. The molecule has 4 rings (SSSR count). The first-order valence-corrected chi connectivity index (χ1v) is 11.1. The zero-order valence-corrected chi connectivity index (χ0v) is 16.7. The van der Waals surface area contributed by atoms with Gasteiger partial charge in [-0.05, 0) is 30.0 Å². The number of sulfone groups is 1. The van der Waals surface area contributed by atoms with E-state index in [-0.39, 0.29) is 5.92 Å². The van der Waals surface area contributed by atoms with Crippen LogP contribution in [0.1, 0.15) is 0 Å². The lowest BCUT2D eigenvalue weighted by Gasteiger charge is -2.39. The summed E-state index contributed by atoms with van der Waals surface area (Å²) in [6.45, 7) is 5.58. The van der Waals surface area contributed by atoms with Crippen LogP contribution in [-0.2, 0) is 14.6 Å². The average Bonchev–Trinajstić information content (AvgIpc) is 2.65. The molecule has 0 bridgehead atoms. The van der Waals surface area contributed by atoms with E-state index in [1.807, 2.05) is 35.2 Å². The van der Waals surface area contributed by atoms with Crippen LogP contribution in [0.2, 0.25) is 0 Å². The summed E-state index contributed by atoms with van der Waals surface area (Å²) in [5.74, 6) is 0.641. The van der Waals surface area contributed by atoms with Gasteiger partial charge in [0.1, 0.15) is 0 Å². The molecule has 146 valence electrons. The summed E-state index contributed by atoms with van der Waals surface area (Å²) in [4.78, 5) is 16.3. The average molecular weight is 390 g/mol. The molecule has 0 atom stereocenters. The first kappa shape index (κ1) is 19.8. The Kier molecular flexibility index (Phi) is 6.14. The van der Waals surface area contributed by atoms with Crippen LogP contribution in [-0.4, -0.2) is 76.7 Å². The van der Waals surface area contributed by atoms with Crippen molar-refractivity contribution in [2.45, 2.75) is 4.90 Å². The minimum absolute atomic E-state index is 0.281. The van der Waals surface area contributed by atoms with Gasteiger partial charge in [-0.3, -0.25) is 4.79 Å². The van der Waals surface area contributed by atoms with Crippen LogP contribution in [0.25, 0.3) is 10.8 Å². The molecular formula is C20H27N3O3S. The number of piperazine rings is 1. The van der Waals surface area contributed by atoms with Crippen molar-refractivity contribution in [2.24, 2.45) is 5.92 Å². The van der Waals surface area contributed by atoms with Crippen molar-refractivity contribution in [1.82, 2.24) is 15.1 Å². The normalized spacial score (nSPS) is 18.5.